The summed E-state index contributed by atoms with van der Waals surface area (Å²) in [6, 6.07) is 4.75. The smallest absolute Gasteiger partial charge is 0.231 e. The summed E-state index contributed by atoms with van der Waals surface area (Å²) in [6.45, 7) is 8.64. The molecule has 6 nitrogen and oxygen atoms in total. The zero-order chi connectivity index (χ0) is 23.7. The minimum Gasteiger partial charge on any atom is -0.353 e. The number of hydrogen-bond acceptors (Lipinski definition) is 5. The number of carbonyl (C=O) groups is 1. The third-order valence-corrected chi connectivity index (χ3v) is 6.82. The second-order valence-corrected chi connectivity index (χ2v) is 9.61. The van der Waals surface area contributed by atoms with Gasteiger partial charge in [0, 0.05) is 44.3 Å². The van der Waals surface area contributed by atoms with Gasteiger partial charge in [-0.05, 0) is 30.0 Å². The van der Waals surface area contributed by atoms with E-state index in [-0.39, 0.29) is 22.9 Å². The van der Waals surface area contributed by atoms with Gasteiger partial charge >= 0.3 is 0 Å². The summed E-state index contributed by atoms with van der Waals surface area (Å²) in [7, 11) is 0. The Morgan fingerprint density at radius 3 is 2.64 bits per heavy atom. The van der Waals surface area contributed by atoms with Gasteiger partial charge in [-0.1, -0.05) is 38.4 Å². The molecule has 3 atom stereocenters. The number of carbonyl (C=O) groups excluding carboxylic acids is 1. The van der Waals surface area contributed by atoms with Gasteiger partial charge in [0.05, 0.1) is 16.6 Å². The van der Waals surface area contributed by atoms with E-state index in [0.29, 0.717) is 50.4 Å². The fourth-order valence-electron chi connectivity index (χ4n) is 4.70. The second kappa shape index (κ2) is 9.89. The van der Waals surface area contributed by atoms with Crippen LogP contribution >= 0.6 is 11.6 Å². The predicted molar refractivity (Wildman–Crippen MR) is 125 cm³/mol. The van der Waals surface area contributed by atoms with Crippen molar-refractivity contribution in [3.05, 3.63) is 52.2 Å². The first kappa shape index (κ1) is 23.8. The Kier molecular flexibility index (Phi) is 7.14. The summed E-state index contributed by atoms with van der Waals surface area (Å²) in [5.41, 5.74) is 1.99. The van der Waals surface area contributed by atoms with Gasteiger partial charge in [0.15, 0.2) is 0 Å². The Labute approximate surface area is 198 Å². The molecular weight excluding hydrogens is 448 g/mol. The summed E-state index contributed by atoms with van der Waals surface area (Å²) < 4.78 is 28.4. The summed E-state index contributed by atoms with van der Waals surface area (Å²) >= 11 is 5.85. The van der Waals surface area contributed by atoms with Gasteiger partial charge in [0.25, 0.3) is 0 Å². The fourth-order valence-corrected chi connectivity index (χ4v) is 4.82. The lowest BCUT2D eigenvalue weighted by molar-refractivity contribution is -0.133. The van der Waals surface area contributed by atoms with E-state index >= 15 is 0 Å². The van der Waals surface area contributed by atoms with Gasteiger partial charge in [-0.2, -0.15) is 0 Å². The number of amides is 1. The molecule has 0 unspecified atom stereocenters. The largest absolute Gasteiger partial charge is 0.353 e. The van der Waals surface area contributed by atoms with Crippen LogP contribution in [0.3, 0.4) is 0 Å². The van der Waals surface area contributed by atoms with E-state index in [4.69, 9.17) is 11.6 Å². The molecule has 0 bridgehead atoms. The minimum absolute atomic E-state index is 0.0394. The molecule has 1 aromatic heterocycles. The molecule has 1 saturated heterocycles. The molecule has 1 amide bonds. The Balaban J connectivity index is 1.49. The highest BCUT2D eigenvalue weighted by Crippen LogP contribution is 2.44. The molecule has 178 valence electrons. The number of nitrogens with zero attached hydrogens (tertiary/aromatic N) is 4. The van der Waals surface area contributed by atoms with Crippen molar-refractivity contribution in [2.24, 2.45) is 0 Å². The molecular formula is C24H30ClF2N5O. The van der Waals surface area contributed by atoms with E-state index in [1.807, 2.05) is 25.7 Å². The number of nitrogens with one attached hydrogen (secondary N) is 1. The zero-order valence-corrected chi connectivity index (χ0v) is 19.9. The highest BCUT2D eigenvalue weighted by molar-refractivity contribution is 6.30. The minimum atomic E-state index is -1.05. The molecule has 0 radical (unpaired) electrons. The van der Waals surface area contributed by atoms with Crippen molar-refractivity contribution in [2.75, 3.05) is 37.6 Å². The lowest BCUT2D eigenvalue weighted by Gasteiger charge is -2.38. The van der Waals surface area contributed by atoms with Crippen LogP contribution in [0.5, 0.6) is 0 Å². The number of alkyl halides is 1. The zero-order valence-electron chi connectivity index (χ0n) is 19.2. The predicted octanol–water partition coefficient (Wildman–Crippen LogP) is 4.22. The SMILES string of the molecule is CC(C)NC[C@@H](C(=O)N1CCN(c2ncnc3c2[C@H](C)C[C@@H]3F)CC1)c1ccc(Cl)c(F)c1. The monoisotopic (exact) mass is 477 g/mol. The molecule has 2 aromatic rings. The van der Waals surface area contributed by atoms with Crippen LogP contribution in [0.1, 0.15) is 62.0 Å². The van der Waals surface area contributed by atoms with Crippen molar-refractivity contribution in [1.29, 1.82) is 0 Å². The van der Waals surface area contributed by atoms with Gasteiger partial charge in [-0.15, -0.1) is 0 Å². The number of halogens is 3. The fraction of sp³-hybridized carbons (Fsp3) is 0.542. The number of benzene rings is 1. The maximum absolute atomic E-state index is 14.3. The van der Waals surface area contributed by atoms with Gasteiger partial charge in [0.1, 0.15) is 24.1 Å². The standard InChI is InChI=1S/C24H30ClF2N5O/c1-14(2)28-12-17(16-4-5-18(25)19(26)11-16)24(33)32-8-6-31(7-9-32)23-21-15(3)10-20(27)22(21)29-13-30-23/h4-5,11,13-15,17,20,28H,6-10,12H2,1-3H3/t15-,17-,20+/m1/s1. The molecule has 1 aromatic carbocycles. The van der Waals surface area contributed by atoms with E-state index in [9.17, 15) is 13.6 Å². The molecule has 1 fully saturated rings. The van der Waals surface area contributed by atoms with E-state index in [0.717, 1.165) is 11.4 Å². The van der Waals surface area contributed by atoms with Crippen molar-refractivity contribution in [3.8, 4) is 0 Å². The van der Waals surface area contributed by atoms with Crippen LogP contribution in [0.2, 0.25) is 5.02 Å². The van der Waals surface area contributed by atoms with E-state index < -0.39 is 17.9 Å². The molecule has 1 N–H and O–H groups in total. The Morgan fingerprint density at radius 2 is 1.97 bits per heavy atom. The van der Waals surface area contributed by atoms with Crippen molar-refractivity contribution in [3.63, 3.8) is 0 Å². The Hall–Kier alpha value is -2.32. The Bertz CT molecular complexity index is 1010. The summed E-state index contributed by atoms with van der Waals surface area (Å²) in [6.07, 6.45) is 0.814. The quantitative estimate of drug-likeness (QED) is 0.675. The lowest BCUT2D eigenvalue weighted by atomic mass is 9.96. The molecule has 0 spiro atoms. The molecule has 1 aliphatic heterocycles. The number of aromatic nitrogens is 2. The molecule has 4 rings (SSSR count). The van der Waals surface area contributed by atoms with Crippen LogP contribution in [0.25, 0.3) is 0 Å². The molecule has 2 aliphatic rings. The highest BCUT2D eigenvalue weighted by Gasteiger charge is 2.35. The lowest BCUT2D eigenvalue weighted by Crippen LogP contribution is -2.51. The maximum Gasteiger partial charge on any atom is 0.231 e. The van der Waals surface area contributed by atoms with Crippen LogP contribution < -0.4 is 10.2 Å². The molecule has 0 saturated carbocycles. The topological polar surface area (TPSA) is 61.4 Å². The molecule has 2 heterocycles. The van der Waals surface area contributed by atoms with Crippen LogP contribution in [-0.2, 0) is 4.79 Å². The number of rotatable bonds is 6. The summed E-state index contributed by atoms with van der Waals surface area (Å²) in [5, 5.41) is 3.34. The van der Waals surface area contributed by atoms with E-state index in [1.165, 1.54) is 18.5 Å². The van der Waals surface area contributed by atoms with Crippen molar-refractivity contribution in [2.45, 2.75) is 51.2 Å². The van der Waals surface area contributed by atoms with Crippen molar-refractivity contribution in [1.82, 2.24) is 20.2 Å². The number of piperazine rings is 1. The van der Waals surface area contributed by atoms with Crippen LogP contribution in [0.4, 0.5) is 14.6 Å². The Morgan fingerprint density at radius 1 is 1.24 bits per heavy atom. The first-order chi connectivity index (χ1) is 15.8. The van der Waals surface area contributed by atoms with E-state index in [2.05, 4.69) is 20.2 Å². The first-order valence-corrected chi connectivity index (χ1v) is 11.8. The molecule has 33 heavy (non-hydrogen) atoms. The highest BCUT2D eigenvalue weighted by atomic mass is 35.5. The van der Waals surface area contributed by atoms with Gasteiger partial charge in [0.2, 0.25) is 5.91 Å². The molecule has 1 aliphatic carbocycles. The van der Waals surface area contributed by atoms with Crippen LogP contribution in [-0.4, -0.2) is 59.5 Å². The third kappa shape index (κ3) is 4.96. The number of hydrogen-bond donors (Lipinski definition) is 1. The maximum atomic E-state index is 14.3. The first-order valence-electron chi connectivity index (χ1n) is 11.5. The van der Waals surface area contributed by atoms with Gasteiger partial charge in [-0.3, -0.25) is 4.79 Å². The average molecular weight is 478 g/mol. The normalized spacial score (nSPS) is 21.4. The average Bonchev–Trinajstić information content (AvgIpc) is 3.09. The summed E-state index contributed by atoms with van der Waals surface area (Å²) in [4.78, 5) is 26.0. The van der Waals surface area contributed by atoms with Crippen molar-refractivity contribution < 1.29 is 13.6 Å². The van der Waals surface area contributed by atoms with Gasteiger partial charge < -0.3 is 15.1 Å². The number of fused-ring (bicyclic) bond motifs is 1. The summed E-state index contributed by atoms with van der Waals surface area (Å²) in [5.74, 6) is -0.245. The van der Waals surface area contributed by atoms with Crippen LogP contribution in [0, 0.1) is 5.82 Å². The second-order valence-electron chi connectivity index (χ2n) is 9.20. The third-order valence-electron chi connectivity index (χ3n) is 6.51. The van der Waals surface area contributed by atoms with E-state index in [1.54, 1.807) is 6.07 Å². The number of anilines is 1. The molecule has 9 heteroatoms. The van der Waals surface area contributed by atoms with Crippen LogP contribution in [0.15, 0.2) is 24.5 Å². The van der Waals surface area contributed by atoms with Crippen molar-refractivity contribution >= 4 is 23.3 Å². The van der Waals surface area contributed by atoms with Gasteiger partial charge in [-0.25, -0.2) is 18.7 Å².